The van der Waals surface area contributed by atoms with Crippen LogP contribution in [0.5, 0.6) is 5.75 Å². The molecule has 0 N–H and O–H groups in total. The van der Waals surface area contributed by atoms with Gasteiger partial charge in [0.2, 0.25) is 0 Å². The van der Waals surface area contributed by atoms with Gasteiger partial charge >= 0.3 is 0 Å². The van der Waals surface area contributed by atoms with Crippen LogP contribution in [0, 0.1) is 6.92 Å². The summed E-state index contributed by atoms with van der Waals surface area (Å²) in [7, 11) is 0. The van der Waals surface area contributed by atoms with E-state index in [1.165, 1.54) is 10.5 Å². The highest BCUT2D eigenvalue weighted by molar-refractivity contribution is 6.32. The molecule has 134 valence electrons. The van der Waals surface area contributed by atoms with E-state index in [1.54, 1.807) is 6.20 Å². The highest BCUT2D eigenvalue weighted by atomic mass is 35.5. The monoisotopic (exact) mass is 376 g/mol. The first-order chi connectivity index (χ1) is 13.1. The molecule has 0 saturated heterocycles. The molecule has 2 aromatic heterocycles. The predicted molar refractivity (Wildman–Crippen MR) is 107 cm³/mol. The SMILES string of the molecule is Cc1ccc2nc(COc3ccc(-c4ccccc4)cc3Cl)cc(=O)n2c1. The molecule has 4 aromatic rings. The van der Waals surface area contributed by atoms with Crippen molar-refractivity contribution in [1.82, 2.24) is 9.38 Å². The van der Waals surface area contributed by atoms with Gasteiger partial charge in [0.25, 0.3) is 5.56 Å². The number of hydrogen-bond acceptors (Lipinski definition) is 3. The molecule has 0 radical (unpaired) electrons. The third-order valence-corrected chi connectivity index (χ3v) is 4.57. The second-order valence-electron chi connectivity index (χ2n) is 6.32. The Morgan fingerprint density at radius 2 is 1.81 bits per heavy atom. The summed E-state index contributed by atoms with van der Waals surface area (Å²) >= 11 is 6.38. The fourth-order valence-electron chi connectivity index (χ4n) is 2.91. The van der Waals surface area contributed by atoms with Crippen molar-refractivity contribution in [2.24, 2.45) is 0 Å². The molecule has 0 spiro atoms. The lowest BCUT2D eigenvalue weighted by Gasteiger charge is -2.10. The normalized spacial score (nSPS) is 10.9. The van der Waals surface area contributed by atoms with Crippen LogP contribution in [0.3, 0.4) is 0 Å². The van der Waals surface area contributed by atoms with Gasteiger partial charge in [0.15, 0.2) is 0 Å². The number of rotatable bonds is 4. The Hall–Kier alpha value is -3.11. The van der Waals surface area contributed by atoms with E-state index in [1.807, 2.05) is 67.6 Å². The summed E-state index contributed by atoms with van der Waals surface area (Å²) in [5, 5.41) is 0.518. The zero-order valence-electron chi connectivity index (χ0n) is 14.7. The molecule has 27 heavy (non-hydrogen) atoms. The quantitative estimate of drug-likeness (QED) is 0.508. The van der Waals surface area contributed by atoms with Crippen molar-refractivity contribution in [2.75, 3.05) is 0 Å². The molecular weight excluding hydrogens is 360 g/mol. The minimum absolute atomic E-state index is 0.132. The smallest absolute Gasteiger partial charge is 0.258 e. The Morgan fingerprint density at radius 1 is 1.00 bits per heavy atom. The first kappa shape index (κ1) is 17.3. The van der Waals surface area contributed by atoms with Crippen LogP contribution in [-0.4, -0.2) is 9.38 Å². The van der Waals surface area contributed by atoms with Crippen LogP contribution in [0.4, 0.5) is 0 Å². The van der Waals surface area contributed by atoms with Crippen LogP contribution in [0.25, 0.3) is 16.8 Å². The third kappa shape index (κ3) is 3.71. The van der Waals surface area contributed by atoms with Crippen molar-refractivity contribution < 1.29 is 4.74 Å². The van der Waals surface area contributed by atoms with Crippen LogP contribution in [-0.2, 0) is 6.61 Å². The summed E-state index contributed by atoms with van der Waals surface area (Å²) < 4.78 is 7.33. The minimum atomic E-state index is -0.132. The summed E-state index contributed by atoms with van der Waals surface area (Å²) in [6, 6.07) is 20.9. The van der Waals surface area contributed by atoms with E-state index in [-0.39, 0.29) is 12.2 Å². The lowest BCUT2D eigenvalue weighted by atomic mass is 10.1. The third-order valence-electron chi connectivity index (χ3n) is 4.28. The maximum absolute atomic E-state index is 12.3. The van der Waals surface area contributed by atoms with Gasteiger partial charge in [-0.1, -0.05) is 54.1 Å². The molecule has 5 heteroatoms. The van der Waals surface area contributed by atoms with Gasteiger partial charge in [0.1, 0.15) is 18.0 Å². The summed E-state index contributed by atoms with van der Waals surface area (Å²) in [6.45, 7) is 2.11. The highest BCUT2D eigenvalue weighted by Crippen LogP contribution is 2.30. The molecule has 2 aromatic carbocycles. The van der Waals surface area contributed by atoms with Crippen molar-refractivity contribution in [3.05, 3.63) is 99.6 Å². The van der Waals surface area contributed by atoms with E-state index in [4.69, 9.17) is 16.3 Å². The number of ether oxygens (including phenoxy) is 1. The summed E-state index contributed by atoms with van der Waals surface area (Å²) in [5.41, 5.74) is 4.13. The molecule has 0 fully saturated rings. The minimum Gasteiger partial charge on any atom is -0.486 e. The van der Waals surface area contributed by atoms with Gasteiger partial charge in [-0.05, 0) is 41.8 Å². The lowest BCUT2D eigenvalue weighted by molar-refractivity contribution is 0.301. The van der Waals surface area contributed by atoms with E-state index in [0.29, 0.717) is 22.1 Å². The molecule has 0 unspecified atom stereocenters. The number of benzene rings is 2. The average molecular weight is 377 g/mol. The molecule has 0 amide bonds. The van der Waals surface area contributed by atoms with Gasteiger partial charge in [0, 0.05) is 12.3 Å². The van der Waals surface area contributed by atoms with Crippen molar-refractivity contribution in [3.8, 4) is 16.9 Å². The van der Waals surface area contributed by atoms with Crippen molar-refractivity contribution in [1.29, 1.82) is 0 Å². The summed E-state index contributed by atoms with van der Waals surface area (Å²) in [5.74, 6) is 0.558. The Labute approximate surface area is 161 Å². The Kier molecular flexibility index (Phi) is 4.65. The van der Waals surface area contributed by atoms with Gasteiger partial charge in [0.05, 0.1) is 10.7 Å². The van der Waals surface area contributed by atoms with E-state index in [2.05, 4.69) is 4.98 Å². The number of nitrogens with zero attached hydrogens (tertiary/aromatic N) is 2. The van der Waals surface area contributed by atoms with E-state index in [9.17, 15) is 4.79 Å². The molecule has 2 heterocycles. The zero-order valence-corrected chi connectivity index (χ0v) is 15.5. The van der Waals surface area contributed by atoms with Crippen LogP contribution < -0.4 is 10.3 Å². The van der Waals surface area contributed by atoms with Crippen molar-refractivity contribution in [2.45, 2.75) is 13.5 Å². The van der Waals surface area contributed by atoms with Gasteiger partial charge in [-0.3, -0.25) is 9.20 Å². The number of fused-ring (bicyclic) bond motifs is 1. The maximum Gasteiger partial charge on any atom is 0.258 e. The summed E-state index contributed by atoms with van der Waals surface area (Å²) in [6.07, 6.45) is 1.77. The van der Waals surface area contributed by atoms with Crippen molar-refractivity contribution >= 4 is 17.2 Å². The summed E-state index contributed by atoms with van der Waals surface area (Å²) in [4.78, 5) is 16.8. The number of aryl methyl sites for hydroxylation is 1. The molecule has 4 nitrogen and oxygen atoms in total. The first-order valence-electron chi connectivity index (χ1n) is 8.57. The van der Waals surface area contributed by atoms with E-state index < -0.39 is 0 Å². The standard InChI is InChI=1S/C22H17ClN2O2/c1-15-7-10-21-24-18(12-22(26)25(21)13-15)14-27-20-9-8-17(11-19(20)23)16-5-3-2-4-6-16/h2-13H,14H2,1H3. The molecule has 0 bridgehead atoms. The molecule has 0 aliphatic rings. The second-order valence-corrected chi connectivity index (χ2v) is 6.73. The van der Waals surface area contributed by atoms with Crippen LogP contribution in [0.1, 0.15) is 11.3 Å². The van der Waals surface area contributed by atoms with E-state index >= 15 is 0 Å². The van der Waals surface area contributed by atoms with Gasteiger partial charge < -0.3 is 4.74 Å². The molecule has 4 rings (SSSR count). The molecule has 0 atom stereocenters. The topological polar surface area (TPSA) is 43.6 Å². The van der Waals surface area contributed by atoms with Crippen LogP contribution >= 0.6 is 11.6 Å². The van der Waals surface area contributed by atoms with Gasteiger partial charge in [-0.15, -0.1) is 0 Å². The molecule has 0 aliphatic carbocycles. The molecule has 0 aliphatic heterocycles. The van der Waals surface area contributed by atoms with Crippen molar-refractivity contribution in [3.63, 3.8) is 0 Å². The largest absolute Gasteiger partial charge is 0.486 e. The number of pyridine rings is 1. The maximum atomic E-state index is 12.3. The molecule has 0 saturated carbocycles. The fraction of sp³-hybridized carbons (Fsp3) is 0.0909. The van der Waals surface area contributed by atoms with Gasteiger partial charge in [-0.25, -0.2) is 4.98 Å². The van der Waals surface area contributed by atoms with E-state index in [0.717, 1.165) is 16.7 Å². The lowest BCUT2D eigenvalue weighted by Crippen LogP contribution is -2.16. The molecular formula is C22H17ClN2O2. The number of halogens is 1. The average Bonchev–Trinajstić information content (AvgIpc) is 2.68. The zero-order chi connectivity index (χ0) is 18.8. The van der Waals surface area contributed by atoms with Gasteiger partial charge in [-0.2, -0.15) is 0 Å². The van der Waals surface area contributed by atoms with Crippen LogP contribution in [0.2, 0.25) is 5.02 Å². The Morgan fingerprint density at radius 3 is 2.59 bits per heavy atom. The Balaban J connectivity index is 1.56. The Bertz CT molecular complexity index is 1170. The number of aromatic nitrogens is 2. The predicted octanol–water partition coefficient (Wildman–Crippen LogP) is 4.90. The fourth-order valence-corrected chi connectivity index (χ4v) is 3.15. The number of hydrogen-bond donors (Lipinski definition) is 0. The van der Waals surface area contributed by atoms with Crippen LogP contribution in [0.15, 0.2) is 77.7 Å². The highest BCUT2D eigenvalue weighted by Gasteiger charge is 2.07. The first-order valence-corrected chi connectivity index (χ1v) is 8.95. The second kappa shape index (κ2) is 7.25.